The molecule has 0 N–H and O–H groups in total. The van der Waals surface area contributed by atoms with E-state index in [0.29, 0.717) is 0 Å². The molecule has 1 nitrogen and oxygen atoms in total. The molecule has 4 aromatic carbocycles. The van der Waals surface area contributed by atoms with Gasteiger partial charge in [0, 0.05) is 21.8 Å². The molecule has 0 fully saturated rings. The van der Waals surface area contributed by atoms with Crippen LogP contribution in [0.4, 0.5) is 0 Å². The molecular formula is C26H25N. The second-order valence-electron chi connectivity index (χ2n) is 6.52. The Balaban J connectivity index is 0.000000872. The summed E-state index contributed by atoms with van der Waals surface area (Å²) in [5.74, 6) is 0. The second kappa shape index (κ2) is 7.28. The molecule has 0 aliphatic carbocycles. The molecule has 0 unspecified atom stereocenters. The molecule has 1 aromatic heterocycles. The molecule has 5 rings (SSSR count). The zero-order valence-electron chi connectivity index (χ0n) is 16.2. The molecule has 0 spiro atoms. The summed E-state index contributed by atoms with van der Waals surface area (Å²) in [4.78, 5) is 0. The number of rotatable bonds is 2. The number of hydrogen-bond acceptors (Lipinski definition) is 0. The average Bonchev–Trinajstić information content (AvgIpc) is 3.10. The third kappa shape index (κ3) is 2.71. The van der Waals surface area contributed by atoms with Crippen LogP contribution in [0.1, 0.15) is 26.3 Å². The van der Waals surface area contributed by atoms with Crippen molar-refractivity contribution in [3.8, 4) is 5.69 Å². The summed E-state index contributed by atoms with van der Waals surface area (Å²) in [6.07, 6.45) is 1.04. The number of para-hydroxylation sites is 2. The van der Waals surface area contributed by atoms with Crippen molar-refractivity contribution in [1.29, 1.82) is 0 Å². The predicted molar refractivity (Wildman–Crippen MR) is 119 cm³/mol. The summed E-state index contributed by atoms with van der Waals surface area (Å²) in [7, 11) is 0. The van der Waals surface area contributed by atoms with E-state index in [4.69, 9.17) is 0 Å². The van der Waals surface area contributed by atoms with Gasteiger partial charge in [-0.15, -0.1) is 0 Å². The molecule has 0 saturated heterocycles. The lowest BCUT2D eigenvalue weighted by Gasteiger charge is -2.11. The van der Waals surface area contributed by atoms with Crippen LogP contribution in [0.15, 0.2) is 84.9 Å². The fourth-order valence-electron chi connectivity index (χ4n) is 4.04. The third-order valence-corrected chi connectivity index (χ3v) is 5.16. The van der Waals surface area contributed by atoms with Gasteiger partial charge in [-0.2, -0.15) is 0 Å². The fraction of sp³-hybridized carbons (Fsp3) is 0.154. The SMILES string of the molecule is CC.CCc1cc2c3ccccc3n(-c3ccccc3)c2c2ccccc12. The molecule has 1 heterocycles. The first-order valence-electron chi connectivity index (χ1n) is 9.87. The van der Waals surface area contributed by atoms with Crippen LogP contribution < -0.4 is 0 Å². The third-order valence-electron chi connectivity index (χ3n) is 5.16. The molecule has 0 atom stereocenters. The smallest absolute Gasteiger partial charge is 0.0619 e. The van der Waals surface area contributed by atoms with Crippen molar-refractivity contribution in [1.82, 2.24) is 4.57 Å². The molecule has 1 heteroatoms. The molecule has 0 aliphatic heterocycles. The Hall–Kier alpha value is -3.06. The predicted octanol–water partition coefficient (Wildman–Crippen LogP) is 7.53. The minimum absolute atomic E-state index is 1.04. The topological polar surface area (TPSA) is 4.93 Å². The van der Waals surface area contributed by atoms with E-state index in [1.807, 2.05) is 13.8 Å². The van der Waals surface area contributed by atoms with Crippen LogP contribution in [0, 0.1) is 0 Å². The van der Waals surface area contributed by atoms with E-state index in [0.717, 1.165) is 6.42 Å². The first-order valence-corrected chi connectivity index (χ1v) is 9.87. The number of benzene rings is 4. The van der Waals surface area contributed by atoms with Crippen LogP contribution >= 0.6 is 0 Å². The molecule has 5 aromatic rings. The molecule has 0 aliphatic rings. The molecule has 0 saturated carbocycles. The summed E-state index contributed by atoms with van der Waals surface area (Å²) in [5.41, 5.74) is 5.20. The normalized spacial score (nSPS) is 10.9. The van der Waals surface area contributed by atoms with Crippen LogP contribution in [-0.4, -0.2) is 4.57 Å². The fourth-order valence-corrected chi connectivity index (χ4v) is 4.04. The van der Waals surface area contributed by atoms with E-state index in [1.165, 1.54) is 43.8 Å². The van der Waals surface area contributed by atoms with Gasteiger partial charge in [0.15, 0.2) is 0 Å². The lowest BCUT2D eigenvalue weighted by atomic mass is 9.98. The van der Waals surface area contributed by atoms with Gasteiger partial charge in [-0.1, -0.05) is 81.4 Å². The highest BCUT2D eigenvalue weighted by Gasteiger charge is 2.16. The molecule has 0 amide bonds. The monoisotopic (exact) mass is 351 g/mol. The Labute approximate surface area is 160 Å². The van der Waals surface area contributed by atoms with Crippen molar-refractivity contribution in [3.05, 3.63) is 90.5 Å². The van der Waals surface area contributed by atoms with Gasteiger partial charge in [0.1, 0.15) is 0 Å². The van der Waals surface area contributed by atoms with Crippen LogP contribution in [0.25, 0.3) is 38.3 Å². The van der Waals surface area contributed by atoms with Crippen molar-refractivity contribution in [2.75, 3.05) is 0 Å². The maximum absolute atomic E-state index is 2.41. The highest BCUT2D eigenvalue weighted by atomic mass is 15.0. The molecule has 0 radical (unpaired) electrons. The quantitative estimate of drug-likeness (QED) is 0.310. The van der Waals surface area contributed by atoms with Crippen molar-refractivity contribution in [3.63, 3.8) is 0 Å². The highest BCUT2D eigenvalue weighted by molar-refractivity contribution is 6.19. The van der Waals surface area contributed by atoms with Crippen molar-refractivity contribution >= 4 is 32.6 Å². The highest BCUT2D eigenvalue weighted by Crippen LogP contribution is 2.38. The Morgan fingerprint density at radius 1 is 0.630 bits per heavy atom. The minimum atomic E-state index is 1.04. The van der Waals surface area contributed by atoms with Crippen LogP contribution in [0.3, 0.4) is 0 Å². The standard InChI is InChI=1S/C24H19N.C2H6/c1-2-17-16-22-20-13-8-9-15-23(20)25(18-10-4-3-5-11-18)24(22)21-14-7-6-12-19(17)21;1-2/h3-16H,2H2,1H3;1-2H3. The summed E-state index contributed by atoms with van der Waals surface area (Å²) in [6.45, 7) is 6.24. The van der Waals surface area contributed by atoms with E-state index in [1.54, 1.807) is 0 Å². The van der Waals surface area contributed by atoms with Crippen LogP contribution in [0.5, 0.6) is 0 Å². The number of fused-ring (bicyclic) bond motifs is 5. The zero-order chi connectivity index (χ0) is 18.8. The Morgan fingerprint density at radius 2 is 1.22 bits per heavy atom. The van der Waals surface area contributed by atoms with Gasteiger partial charge < -0.3 is 4.57 Å². The van der Waals surface area contributed by atoms with Gasteiger partial charge in [-0.05, 0) is 41.6 Å². The summed E-state index contributed by atoms with van der Waals surface area (Å²) in [5, 5.41) is 5.35. The second-order valence-corrected chi connectivity index (χ2v) is 6.52. The Bertz CT molecular complexity index is 1210. The Kier molecular flexibility index (Phi) is 4.68. The number of hydrogen-bond donors (Lipinski definition) is 0. The largest absolute Gasteiger partial charge is 0.309 e. The molecule has 134 valence electrons. The summed E-state index contributed by atoms with van der Waals surface area (Å²) >= 11 is 0. The van der Waals surface area contributed by atoms with E-state index in [9.17, 15) is 0 Å². The van der Waals surface area contributed by atoms with Crippen LogP contribution in [-0.2, 0) is 6.42 Å². The minimum Gasteiger partial charge on any atom is -0.309 e. The molecular weight excluding hydrogens is 326 g/mol. The number of aryl methyl sites for hydroxylation is 1. The van der Waals surface area contributed by atoms with Crippen molar-refractivity contribution in [2.24, 2.45) is 0 Å². The lowest BCUT2D eigenvalue weighted by molar-refractivity contribution is 1.16. The first-order chi connectivity index (χ1) is 13.4. The van der Waals surface area contributed by atoms with Gasteiger partial charge >= 0.3 is 0 Å². The van der Waals surface area contributed by atoms with E-state index >= 15 is 0 Å². The van der Waals surface area contributed by atoms with Crippen molar-refractivity contribution < 1.29 is 0 Å². The maximum atomic E-state index is 2.41. The Morgan fingerprint density at radius 3 is 1.93 bits per heavy atom. The lowest BCUT2D eigenvalue weighted by Crippen LogP contribution is -1.94. The first kappa shape index (κ1) is 17.4. The van der Waals surface area contributed by atoms with Gasteiger partial charge in [-0.3, -0.25) is 0 Å². The summed E-state index contributed by atoms with van der Waals surface area (Å²) < 4.78 is 2.41. The van der Waals surface area contributed by atoms with Gasteiger partial charge in [-0.25, -0.2) is 0 Å². The van der Waals surface area contributed by atoms with Crippen molar-refractivity contribution in [2.45, 2.75) is 27.2 Å². The van der Waals surface area contributed by atoms with Crippen LogP contribution in [0.2, 0.25) is 0 Å². The summed E-state index contributed by atoms with van der Waals surface area (Å²) in [6, 6.07) is 30.6. The van der Waals surface area contributed by atoms with E-state index < -0.39 is 0 Å². The molecule has 27 heavy (non-hydrogen) atoms. The van der Waals surface area contributed by atoms with E-state index in [-0.39, 0.29) is 0 Å². The number of nitrogens with zero attached hydrogens (tertiary/aromatic N) is 1. The zero-order valence-corrected chi connectivity index (χ0v) is 16.2. The maximum Gasteiger partial charge on any atom is 0.0619 e. The van der Waals surface area contributed by atoms with Gasteiger partial charge in [0.25, 0.3) is 0 Å². The average molecular weight is 351 g/mol. The molecule has 0 bridgehead atoms. The van der Waals surface area contributed by atoms with Gasteiger partial charge in [0.05, 0.1) is 11.0 Å². The van der Waals surface area contributed by atoms with E-state index in [2.05, 4.69) is 96.4 Å². The van der Waals surface area contributed by atoms with Gasteiger partial charge in [0.2, 0.25) is 0 Å². The number of aromatic nitrogens is 1.